The Labute approximate surface area is 232 Å². The molecule has 0 heterocycles. The van der Waals surface area contributed by atoms with E-state index in [0.29, 0.717) is 6.07 Å². The fourth-order valence-electron chi connectivity index (χ4n) is 3.64. The molecule has 0 bridgehead atoms. The van der Waals surface area contributed by atoms with Crippen molar-refractivity contribution in [2.24, 2.45) is 0 Å². The number of hydrogen-bond acceptors (Lipinski definition) is 6. The van der Waals surface area contributed by atoms with Crippen molar-refractivity contribution in [2.75, 3.05) is 22.8 Å². The first kappa shape index (κ1) is 31.8. The third kappa shape index (κ3) is 7.32. The monoisotopic (exact) mass is 620 g/mol. The number of sulfonamides is 1. The summed E-state index contributed by atoms with van der Waals surface area (Å²) in [4.78, 5) is -0.742. The summed E-state index contributed by atoms with van der Waals surface area (Å²) in [6.45, 7) is -1.33. The minimum Gasteiger partial charge on any atom is -0.399 e. The fraction of sp³-hybridized carbons (Fsp3) is 0.231. The molecule has 0 aliphatic rings. The van der Waals surface area contributed by atoms with Crippen molar-refractivity contribution in [3.63, 3.8) is 0 Å². The van der Waals surface area contributed by atoms with Gasteiger partial charge in [-0.05, 0) is 54.5 Å². The van der Waals surface area contributed by atoms with Gasteiger partial charge in [0, 0.05) is 29.6 Å². The van der Waals surface area contributed by atoms with Crippen LogP contribution in [0.5, 0.6) is 0 Å². The van der Waals surface area contributed by atoms with Crippen LogP contribution in [0.3, 0.4) is 0 Å². The molecule has 0 fully saturated rings. The number of nitrogens with two attached hydrogens (primary N) is 1. The maximum atomic E-state index is 14.4. The molecule has 0 saturated heterocycles. The maximum Gasteiger partial charge on any atom is 0.433 e. The first-order chi connectivity index (χ1) is 18.8. The number of sulfone groups is 1. The number of benzene rings is 3. The van der Waals surface area contributed by atoms with E-state index in [9.17, 15) is 48.3 Å². The van der Waals surface area contributed by atoms with E-state index >= 15 is 0 Å². The van der Waals surface area contributed by atoms with Gasteiger partial charge >= 0.3 is 12.4 Å². The Kier molecular flexibility index (Phi) is 8.73. The van der Waals surface area contributed by atoms with Gasteiger partial charge in [-0.1, -0.05) is 30.2 Å². The highest BCUT2D eigenvalue weighted by Gasteiger charge is 2.56. The number of nitrogen functional groups attached to an aromatic ring is 1. The fourth-order valence-corrected chi connectivity index (χ4v) is 5.81. The van der Waals surface area contributed by atoms with E-state index in [4.69, 9.17) is 5.73 Å². The Balaban J connectivity index is 2.24. The van der Waals surface area contributed by atoms with E-state index in [-0.39, 0.29) is 20.5 Å². The van der Waals surface area contributed by atoms with Gasteiger partial charge in [0.15, 0.2) is 9.84 Å². The molecule has 7 nitrogen and oxygen atoms in total. The summed E-state index contributed by atoms with van der Waals surface area (Å²) in [5.74, 6) is 3.75. The molecule has 15 heteroatoms. The molecule has 1 unspecified atom stereocenters. The highest BCUT2D eigenvalue weighted by Crippen LogP contribution is 2.44. The lowest BCUT2D eigenvalue weighted by molar-refractivity contribution is -0.240. The van der Waals surface area contributed by atoms with E-state index in [1.54, 1.807) is 5.92 Å². The quantitative estimate of drug-likeness (QED) is 0.226. The molecule has 3 aromatic rings. The summed E-state index contributed by atoms with van der Waals surface area (Å²) < 4.78 is 133. The van der Waals surface area contributed by atoms with E-state index in [2.05, 4.69) is 5.92 Å². The number of halogens is 6. The molecule has 1 atom stereocenters. The van der Waals surface area contributed by atoms with Gasteiger partial charge in [0.05, 0.1) is 21.9 Å². The summed E-state index contributed by atoms with van der Waals surface area (Å²) in [5.41, 5.74) is -0.717. The largest absolute Gasteiger partial charge is 0.433 e. The van der Waals surface area contributed by atoms with Gasteiger partial charge < -0.3 is 10.8 Å². The molecule has 0 aliphatic heterocycles. The van der Waals surface area contributed by atoms with Crippen molar-refractivity contribution in [1.82, 2.24) is 0 Å². The average Bonchev–Trinajstić information content (AvgIpc) is 2.86. The normalized spacial score (nSPS) is 14.0. The molecular weight excluding hydrogens is 598 g/mol. The predicted octanol–water partition coefficient (Wildman–Crippen LogP) is 4.62. The molecular formula is C26H22F6N2O5S2. The molecule has 0 amide bonds. The summed E-state index contributed by atoms with van der Waals surface area (Å²) in [6.07, 6.45) is -11.3. The molecule has 3 N–H and O–H groups in total. The first-order valence-electron chi connectivity index (χ1n) is 11.4. The third-order valence-electron chi connectivity index (χ3n) is 5.69. The SMILES string of the molecule is CS(=O)(=O)c1ccc(C#CC(O)(c2ccccc2N(CCC(F)(F)F)S(=O)(=O)c2cccc(N)c2)C(F)(F)F)cc1. The van der Waals surface area contributed by atoms with Crippen molar-refractivity contribution < 1.29 is 48.3 Å². The van der Waals surface area contributed by atoms with Crippen LogP contribution in [-0.2, 0) is 25.5 Å². The topological polar surface area (TPSA) is 118 Å². The van der Waals surface area contributed by atoms with Crippen LogP contribution in [0.1, 0.15) is 17.5 Å². The lowest BCUT2D eigenvalue weighted by Gasteiger charge is -2.32. The highest BCUT2D eigenvalue weighted by atomic mass is 32.2. The number of aliphatic hydroxyl groups is 1. The van der Waals surface area contributed by atoms with Gasteiger partial charge in [0.25, 0.3) is 15.6 Å². The van der Waals surface area contributed by atoms with Gasteiger partial charge in [-0.2, -0.15) is 26.3 Å². The van der Waals surface area contributed by atoms with Crippen LogP contribution in [0.15, 0.2) is 82.6 Å². The number of anilines is 2. The average molecular weight is 621 g/mol. The molecule has 41 heavy (non-hydrogen) atoms. The summed E-state index contributed by atoms with van der Waals surface area (Å²) in [7, 11) is -8.57. The van der Waals surface area contributed by atoms with E-state index in [1.807, 2.05) is 0 Å². The standard InChI is InChI=1S/C26H22F6N2O5S2/c1-40(36,37)20-11-9-18(10-12-20)13-14-24(35,26(30,31)32)22-7-2-3-8-23(22)34(16-15-25(27,28)29)41(38,39)21-6-4-5-19(33)17-21/h2-12,17,35H,15-16,33H2,1H3. The van der Waals surface area contributed by atoms with Crippen LogP contribution < -0.4 is 10.0 Å². The van der Waals surface area contributed by atoms with Gasteiger partial charge in [-0.15, -0.1) is 0 Å². The second kappa shape index (κ2) is 11.3. The second-order valence-electron chi connectivity index (χ2n) is 8.79. The number of nitrogens with zero attached hydrogens (tertiary/aromatic N) is 1. The summed E-state index contributed by atoms with van der Waals surface area (Å²) in [5, 5.41) is 10.9. The summed E-state index contributed by atoms with van der Waals surface area (Å²) in [6, 6.07) is 12.4. The Hall–Kier alpha value is -3.74. The van der Waals surface area contributed by atoms with E-state index in [1.165, 1.54) is 12.1 Å². The third-order valence-corrected chi connectivity index (χ3v) is 8.63. The lowest BCUT2D eigenvalue weighted by atomic mass is 9.91. The number of hydrogen-bond donors (Lipinski definition) is 2. The van der Waals surface area contributed by atoms with E-state index < -0.39 is 66.9 Å². The van der Waals surface area contributed by atoms with Crippen molar-refractivity contribution >= 4 is 31.2 Å². The van der Waals surface area contributed by atoms with Crippen LogP contribution in [0.4, 0.5) is 37.7 Å². The van der Waals surface area contributed by atoms with Crippen molar-refractivity contribution in [3.8, 4) is 11.8 Å². The zero-order valence-electron chi connectivity index (χ0n) is 21.0. The molecule has 220 valence electrons. The number of para-hydroxylation sites is 1. The van der Waals surface area contributed by atoms with Crippen LogP contribution in [0.2, 0.25) is 0 Å². The highest BCUT2D eigenvalue weighted by molar-refractivity contribution is 7.92. The van der Waals surface area contributed by atoms with Crippen molar-refractivity contribution in [2.45, 2.75) is 34.2 Å². The molecule has 0 saturated carbocycles. The Morgan fingerprint density at radius 2 is 1.46 bits per heavy atom. The molecule has 0 spiro atoms. The van der Waals surface area contributed by atoms with Gasteiger partial charge in [0.2, 0.25) is 0 Å². The smallest absolute Gasteiger partial charge is 0.399 e. The summed E-state index contributed by atoms with van der Waals surface area (Å²) >= 11 is 0. The van der Waals surface area contributed by atoms with Gasteiger partial charge in [0.1, 0.15) is 0 Å². The molecule has 0 radical (unpaired) electrons. The number of rotatable bonds is 7. The molecule has 0 aromatic heterocycles. The van der Waals surface area contributed by atoms with Crippen LogP contribution >= 0.6 is 0 Å². The van der Waals surface area contributed by atoms with Crippen LogP contribution in [-0.4, -0.2) is 47.1 Å². The lowest BCUT2D eigenvalue weighted by Crippen LogP contribution is -2.43. The Bertz CT molecular complexity index is 1690. The first-order valence-corrected chi connectivity index (χ1v) is 14.8. The predicted molar refractivity (Wildman–Crippen MR) is 139 cm³/mol. The maximum absolute atomic E-state index is 14.4. The molecule has 3 aromatic carbocycles. The van der Waals surface area contributed by atoms with Gasteiger partial charge in [-0.3, -0.25) is 4.31 Å². The van der Waals surface area contributed by atoms with E-state index in [0.717, 1.165) is 60.9 Å². The molecule has 0 aliphatic carbocycles. The minimum absolute atomic E-state index is 0.0744. The number of alkyl halides is 6. The van der Waals surface area contributed by atoms with Crippen molar-refractivity contribution in [1.29, 1.82) is 0 Å². The molecule has 3 rings (SSSR count). The van der Waals surface area contributed by atoms with Crippen LogP contribution in [0.25, 0.3) is 0 Å². The zero-order chi connectivity index (χ0) is 30.9. The van der Waals surface area contributed by atoms with Gasteiger partial charge in [-0.25, -0.2) is 16.8 Å². The Morgan fingerprint density at radius 3 is 2.00 bits per heavy atom. The van der Waals surface area contributed by atoms with Crippen LogP contribution in [0, 0.1) is 11.8 Å². The Morgan fingerprint density at radius 1 is 0.854 bits per heavy atom. The zero-order valence-corrected chi connectivity index (χ0v) is 22.7. The second-order valence-corrected chi connectivity index (χ2v) is 12.7. The minimum atomic E-state index is -5.57. The van der Waals surface area contributed by atoms with Crippen molar-refractivity contribution in [3.05, 3.63) is 83.9 Å².